The summed E-state index contributed by atoms with van der Waals surface area (Å²) in [6.45, 7) is 2.28. The third-order valence-corrected chi connectivity index (χ3v) is 3.27. The molecule has 2 N–H and O–H groups in total. The van der Waals surface area contributed by atoms with Crippen molar-refractivity contribution in [1.29, 1.82) is 0 Å². The summed E-state index contributed by atoms with van der Waals surface area (Å²) in [4.78, 5) is 0. The van der Waals surface area contributed by atoms with Crippen LogP contribution < -0.4 is 5.32 Å². The lowest BCUT2D eigenvalue weighted by Crippen LogP contribution is -2.27. The summed E-state index contributed by atoms with van der Waals surface area (Å²) in [5.41, 5.74) is 1.08. The number of rotatable bonds is 6. The zero-order chi connectivity index (χ0) is 11.9. The average molecular weight is 238 g/mol. The molecule has 0 amide bonds. The van der Waals surface area contributed by atoms with E-state index >= 15 is 0 Å². The van der Waals surface area contributed by atoms with Crippen LogP contribution >= 0.6 is 0 Å². The Hall–Kier alpha value is -0.940. The van der Waals surface area contributed by atoms with Crippen LogP contribution in [0.5, 0.6) is 0 Å². The second-order valence-electron chi connectivity index (χ2n) is 4.69. The lowest BCUT2D eigenvalue weighted by molar-refractivity contribution is 0.281. The van der Waals surface area contributed by atoms with Crippen LogP contribution in [0.3, 0.4) is 0 Å². The highest BCUT2D eigenvalue weighted by atomic mass is 16.2. The number of aliphatic hydroxyl groups is 1. The quantitative estimate of drug-likeness (QED) is 0.732. The van der Waals surface area contributed by atoms with Crippen molar-refractivity contribution in [3.05, 3.63) is 11.9 Å². The average Bonchev–Trinajstić information content (AvgIpc) is 2.85. The maximum atomic E-state index is 8.69. The van der Waals surface area contributed by atoms with Crippen LogP contribution in [0.1, 0.15) is 50.3 Å². The Morgan fingerprint density at radius 1 is 1.35 bits per heavy atom. The van der Waals surface area contributed by atoms with Gasteiger partial charge in [0.25, 0.3) is 0 Å². The van der Waals surface area contributed by atoms with Gasteiger partial charge in [0.2, 0.25) is 0 Å². The summed E-state index contributed by atoms with van der Waals surface area (Å²) >= 11 is 0. The molecule has 0 aliphatic carbocycles. The number of nitrogens with zero attached hydrogens (tertiary/aromatic N) is 3. The fourth-order valence-electron chi connectivity index (χ4n) is 2.25. The number of aryl methyl sites for hydroxylation is 1. The molecule has 17 heavy (non-hydrogen) atoms. The molecule has 1 aromatic rings. The van der Waals surface area contributed by atoms with E-state index in [2.05, 4.69) is 21.8 Å². The lowest BCUT2D eigenvalue weighted by Gasteiger charge is -2.20. The zero-order valence-electron chi connectivity index (χ0n) is 10.3. The molecule has 1 atom stereocenters. The highest BCUT2D eigenvalue weighted by molar-refractivity contribution is 5.01. The summed E-state index contributed by atoms with van der Waals surface area (Å²) < 4.78 is 1.92. The molecule has 0 saturated carbocycles. The molecule has 1 unspecified atom stereocenters. The van der Waals surface area contributed by atoms with Gasteiger partial charge in [-0.25, -0.2) is 0 Å². The predicted octanol–water partition coefficient (Wildman–Crippen LogP) is 1.26. The van der Waals surface area contributed by atoms with Gasteiger partial charge in [-0.05, 0) is 38.6 Å². The molecule has 1 aliphatic heterocycles. The van der Waals surface area contributed by atoms with Crippen LogP contribution in [-0.2, 0) is 6.54 Å². The van der Waals surface area contributed by atoms with Crippen LogP contribution in [0.4, 0.5) is 0 Å². The molecule has 0 spiro atoms. The minimum Gasteiger partial charge on any atom is -0.396 e. The summed E-state index contributed by atoms with van der Waals surface area (Å²) in [5, 5.41) is 20.6. The van der Waals surface area contributed by atoms with Gasteiger partial charge in [-0.1, -0.05) is 11.6 Å². The van der Waals surface area contributed by atoms with Gasteiger partial charge in [0.1, 0.15) is 0 Å². The van der Waals surface area contributed by atoms with Crippen molar-refractivity contribution in [2.24, 2.45) is 0 Å². The van der Waals surface area contributed by atoms with Crippen LogP contribution in [-0.4, -0.2) is 33.3 Å². The van der Waals surface area contributed by atoms with Crippen LogP contribution in [0.25, 0.3) is 0 Å². The monoisotopic (exact) mass is 238 g/mol. The Morgan fingerprint density at radius 2 is 2.29 bits per heavy atom. The van der Waals surface area contributed by atoms with Crippen LogP contribution in [0, 0.1) is 0 Å². The largest absolute Gasteiger partial charge is 0.396 e. The van der Waals surface area contributed by atoms with E-state index in [4.69, 9.17) is 5.11 Å². The van der Waals surface area contributed by atoms with Crippen molar-refractivity contribution in [3.8, 4) is 0 Å². The van der Waals surface area contributed by atoms with E-state index in [1.165, 1.54) is 19.3 Å². The first kappa shape index (κ1) is 12.5. The molecule has 5 nitrogen and oxygen atoms in total. The van der Waals surface area contributed by atoms with Gasteiger partial charge >= 0.3 is 0 Å². The van der Waals surface area contributed by atoms with Gasteiger partial charge in [0.05, 0.1) is 17.9 Å². The Kier molecular flexibility index (Phi) is 4.94. The van der Waals surface area contributed by atoms with Crippen molar-refractivity contribution in [2.75, 3.05) is 13.2 Å². The maximum Gasteiger partial charge on any atom is 0.0996 e. The molecule has 5 heteroatoms. The third-order valence-electron chi connectivity index (χ3n) is 3.27. The zero-order valence-corrected chi connectivity index (χ0v) is 10.3. The van der Waals surface area contributed by atoms with Crippen molar-refractivity contribution in [2.45, 2.75) is 51.1 Å². The Labute approximate surface area is 102 Å². The number of nitrogens with one attached hydrogen (secondary N) is 1. The number of hydrogen-bond acceptors (Lipinski definition) is 4. The van der Waals surface area contributed by atoms with Crippen molar-refractivity contribution in [1.82, 2.24) is 20.3 Å². The van der Waals surface area contributed by atoms with Gasteiger partial charge in [0, 0.05) is 13.2 Å². The molecule has 0 bridgehead atoms. The van der Waals surface area contributed by atoms with E-state index in [9.17, 15) is 0 Å². The van der Waals surface area contributed by atoms with Gasteiger partial charge in [-0.3, -0.25) is 4.68 Å². The minimum atomic E-state index is 0.286. The van der Waals surface area contributed by atoms with Gasteiger partial charge in [0.15, 0.2) is 0 Å². The Balaban J connectivity index is 1.78. The smallest absolute Gasteiger partial charge is 0.0996 e. The highest BCUT2D eigenvalue weighted by Gasteiger charge is 2.17. The minimum absolute atomic E-state index is 0.286. The van der Waals surface area contributed by atoms with Crippen LogP contribution in [0.2, 0.25) is 0 Å². The molecule has 96 valence electrons. The van der Waals surface area contributed by atoms with Gasteiger partial charge in [-0.2, -0.15) is 0 Å². The van der Waals surface area contributed by atoms with Crippen molar-refractivity contribution in [3.63, 3.8) is 0 Å². The number of piperidine rings is 1. The fraction of sp³-hybridized carbons (Fsp3) is 0.833. The Bertz CT molecular complexity index is 320. The van der Waals surface area contributed by atoms with E-state index < -0.39 is 0 Å². The van der Waals surface area contributed by atoms with Crippen molar-refractivity contribution < 1.29 is 5.11 Å². The summed E-state index contributed by atoms with van der Waals surface area (Å²) in [6, 6.07) is 0.398. The number of unbranched alkanes of at least 4 members (excludes halogenated alkanes) is 2. The first-order valence-corrected chi connectivity index (χ1v) is 6.64. The standard InChI is InChI=1S/C12H22N4O/c17-9-5-1-4-8-16-10-12(14-15-16)11-6-2-3-7-13-11/h10-11,13,17H,1-9H2. The molecule has 2 rings (SSSR count). The molecule has 1 fully saturated rings. The van der Waals surface area contributed by atoms with Crippen LogP contribution in [0.15, 0.2) is 6.20 Å². The van der Waals surface area contributed by atoms with Gasteiger partial charge in [-0.15, -0.1) is 5.10 Å². The molecule has 1 aliphatic rings. The fourth-order valence-corrected chi connectivity index (χ4v) is 2.25. The number of hydrogen-bond donors (Lipinski definition) is 2. The lowest BCUT2D eigenvalue weighted by atomic mass is 10.0. The molecule has 1 saturated heterocycles. The third kappa shape index (κ3) is 3.78. The number of aliphatic hydroxyl groups excluding tert-OH is 1. The molecule has 1 aromatic heterocycles. The normalized spacial score (nSPS) is 20.6. The topological polar surface area (TPSA) is 63.0 Å². The highest BCUT2D eigenvalue weighted by Crippen LogP contribution is 2.20. The summed E-state index contributed by atoms with van der Waals surface area (Å²) in [6.07, 6.45) is 8.76. The second-order valence-corrected chi connectivity index (χ2v) is 4.69. The number of aromatic nitrogens is 3. The first-order valence-electron chi connectivity index (χ1n) is 6.64. The molecular formula is C12H22N4O. The van der Waals surface area contributed by atoms with E-state index in [0.717, 1.165) is 38.0 Å². The summed E-state index contributed by atoms with van der Waals surface area (Å²) in [7, 11) is 0. The van der Waals surface area contributed by atoms with E-state index in [1.54, 1.807) is 0 Å². The van der Waals surface area contributed by atoms with E-state index in [0.29, 0.717) is 6.04 Å². The predicted molar refractivity (Wildman–Crippen MR) is 65.6 cm³/mol. The molecular weight excluding hydrogens is 216 g/mol. The summed E-state index contributed by atoms with van der Waals surface area (Å²) in [5.74, 6) is 0. The Morgan fingerprint density at radius 3 is 3.06 bits per heavy atom. The van der Waals surface area contributed by atoms with E-state index in [-0.39, 0.29) is 6.61 Å². The van der Waals surface area contributed by atoms with Crippen molar-refractivity contribution >= 4 is 0 Å². The second kappa shape index (κ2) is 6.71. The molecule has 0 aromatic carbocycles. The maximum absolute atomic E-state index is 8.69. The van der Waals surface area contributed by atoms with E-state index in [1.807, 2.05) is 4.68 Å². The molecule has 0 radical (unpaired) electrons. The molecule has 2 heterocycles. The first-order chi connectivity index (χ1) is 8.40. The van der Waals surface area contributed by atoms with Gasteiger partial charge < -0.3 is 10.4 Å². The SMILES string of the molecule is OCCCCCn1cc(C2CCCCN2)nn1.